The van der Waals surface area contributed by atoms with Gasteiger partial charge in [-0.15, -0.1) is 0 Å². The van der Waals surface area contributed by atoms with Crippen LogP contribution in [-0.2, 0) is 6.18 Å². The number of nitrogens with zero attached hydrogens (tertiary/aromatic N) is 2. The molecule has 2 N–H and O–H groups in total. The van der Waals surface area contributed by atoms with Crippen LogP contribution in [0.5, 0.6) is 0 Å². The van der Waals surface area contributed by atoms with E-state index in [-0.39, 0.29) is 11.6 Å². The number of hydrogen-bond acceptors (Lipinski definition) is 4. The lowest BCUT2D eigenvalue weighted by Crippen LogP contribution is -2.31. The molecule has 2 aromatic rings. The molecule has 124 valence electrons. The summed E-state index contributed by atoms with van der Waals surface area (Å²) in [4.78, 5) is 15.8. The number of aryl methyl sites for hydroxylation is 1. The van der Waals surface area contributed by atoms with Gasteiger partial charge in [-0.25, -0.2) is 4.79 Å². The van der Waals surface area contributed by atoms with Crippen LogP contribution in [0.3, 0.4) is 0 Å². The van der Waals surface area contributed by atoms with Gasteiger partial charge in [0.05, 0.1) is 10.6 Å². The topological polar surface area (TPSA) is 80.0 Å². The average Bonchev–Trinajstić information content (AvgIpc) is 2.86. The number of halogens is 4. The van der Waals surface area contributed by atoms with Crippen molar-refractivity contribution in [2.45, 2.75) is 26.1 Å². The number of rotatable bonds is 3. The molecule has 0 radical (unpaired) electrons. The summed E-state index contributed by atoms with van der Waals surface area (Å²) in [5.41, 5.74) is -1.08. The number of amides is 2. The lowest BCUT2D eigenvalue weighted by atomic mass is 10.2. The first-order valence-electron chi connectivity index (χ1n) is 6.41. The second kappa shape index (κ2) is 6.45. The van der Waals surface area contributed by atoms with Crippen LogP contribution in [0.15, 0.2) is 22.7 Å². The maximum Gasteiger partial charge on any atom is 0.417 e. The average molecular weight is 349 g/mol. The summed E-state index contributed by atoms with van der Waals surface area (Å²) in [6, 6.07) is 1.75. The van der Waals surface area contributed by atoms with Crippen LogP contribution in [0.4, 0.5) is 23.7 Å². The Kier molecular flexibility index (Phi) is 4.79. The molecule has 10 heteroatoms. The van der Waals surface area contributed by atoms with Gasteiger partial charge in [0.2, 0.25) is 5.89 Å². The molecular formula is C13H12ClF3N4O2. The molecule has 0 aliphatic rings. The van der Waals surface area contributed by atoms with Crippen LogP contribution in [0, 0.1) is 6.92 Å². The van der Waals surface area contributed by atoms with Crippen molar-refractivity contribution in [1.82, 2.24) is 15.5 Å². The molecule has 1 heterocycles. The molecule has 1 aromatic heterocycles. The number of carbonyl (C=O) groups excluding carboxylic acids is 1. The predicted octanol–water partition coefficient (Wildman–Crippen LogP) is 3.93. The van der Waals surface area contributed by atoms with E-state index in [4.69, 9.17) is 16.1 Å². The fourth-order valence-corrected chi connectivity index (χ4v) is 1.96. The smallest absolute Gasteiger partial charge is 0.337 e. The number of nitrogens with one attached hydrogen (secondary N) is 2. The van der Waals surface area contributed by atoms with Gasteiger partial charge in [0.25, 0.3) is 0 Å². The standard InChI is InChI=1S/C13H12ClF3N4O2/c1-6(11-19-7(2)21-23-11)18-12(22)20-8-3-4-10(14)9(5-8)13(15,16)17/h3-6H,1-2H3,(H2,18,20,22). The van der Waals surface area contributed by atoms with Crippen molar-refractivity contribution < 1.29 is 22.5 Å². The van der Waals surface area contributed by atoms with Crippen LogP contribution in [0.25, 0.3) is 0 Å². The van der Waals surface area contributed by atoms with Crippen LogP contribution >= 0.6 is 11.6 Å². The number of hydrogen-bond donors (Lipinski definition) is 2. The van der Waals surface area contributed by atoms with Gasteiger partial charge in [0.15, 0.2) is 5.82 Å². The quantitative estimate of drug-likeness (QED) is 0.880. The van der Waals surface area contributed by atoms with E-state index in [1.807, 2.05) is 0 Å². The first kappa shape index (κ1) is 17.1. The summed E-state index contributed by atoms with van der Waals surface area (Å²) < 4.78 is 43.2. The summed E-state index contributed by atoms with van der Waals surface area (Å²) in [7, 11) is 0. The molecule has 0 spiro atoms. The summed E-state index contributed by atoms with van der Waals surface area (Å²) >= 11 is 5.51. The Morgan fingerprint density at radius 1 is 1.39 bits per heavy atom. The van der Waals surface area contributed by atoms with Gasteiger partial charge in [0.1, 0.15) is 6.04 Å². The highest BCUT2D eigenvalue weighted by molar-refractivity contribution is 6.31. The molecule has 1 aromatic carbocycles. The number of alkyl halides is 3. The highest BCUT2D eigenvalue weighted by atomic mass is 35.5. The third-order valence-corrected chi connectivity index (χ3v) is 3.12. The van der Waals surface area contributed by atoms with E-state index < -0.39 is 28.8 Å². The monoisotopic (exact) mass is 348 g/mol. The van der Waals surface area contributed by atoms with E-state index in [0.29, 0.717) is 5.82 Å². The normalized spacial score (nSPS) is 12.8. The lowest BCUT2D eigenvalue weighted by Gasteiger charge is -2.13. The zero-order chi connectivity index (χ0) is 17.2. The van der Waals surface area contributed by atoms with E-state index in [0.717, 1.165) is 12.1 Å². The van der Waals surface area contributed by atoms with Crippen LogP contribution in [0.1, 0.15) is 30.2 Å². The third kappa shape index (κ3) is 4.35. The van der Waals surface area contributed by atoms with Crippen LogP contribution in [0.2, 0.25) is 5.02 Å². The molecule has 0 saturated heterocycles. The molecule has 0 saturated carbocycles. The van der Waals surface area contributed by atoms with Crippen LogP contribution in [-0.4, -0.2) is 16.2 Å². The molecule has 0 bridgehead atoms. The Morgan fingerprint density at radius 3 is 2.65 bits per heavy atom. The van der Waals surface area contributed by atoms with Crippen LogP contribution < -0.4 is 10.6 Å². The molecule has 1 atom stereocenters. The van der Waals surface area contributed by atoms with Gasteiger partial charge in [-0.3, -0.25) is 0 Å². The second-order valence-corrected chi connectivity index (χ2v) is 5.10. The molecule has 0 aliphatic heterocycles. The maximum atomic E-state index is 12.8. The highest BCUT2D eigenvalue weighted by Crippen LogP contribution is 2.36. The molecule has 0 fully saturated rings. The first-order valence-corrected chi connectivity index (χ1v) is 6.79. The zero-order valence-corrected chi connectivity index (χ0v) is 12.8. The number of aromatic nitrogens is 2. The lowest BCUT2D eigenvalue weighted by molar-refractivity contribution is -0.137. The van der Waals surface area contributed by atoms with E-state index in [9.17, 15) is 18.0 Å². The van der Waals surface area contributed by atoms with Gasteiger partial charge in [-0.2, -0.15) is 18.2 Å². The molecule has 1 unspecified atom stereocenters. The fraction of sp³-hybridized carbons (Fsp3) is 0.308. The van der Waals surface area contributed by atoms with Gasteiger partial charge >= 0.3 is 12.2 Å². The minimum Gasteiger partial charge on any atom is -0.337 e. The minimum absolute atomic E-state index is 0.0480. The van der Waals surface area contributed by atoms with Gasteiger partial charge in [-0.1, -0.05) is 16.8 Å². The van der Waals surface area contributed by atoms with Crippen molar-refractivity contribution in [2.75, 3.05) is 5.32 Å². The van der Waals surface area contributed by atoms with Crippen molar-refractivity contribution in [3.63, 3.8) is 0 Å². The van der Waals surface area contributed by atoms with E-state index in [2.05, 4.69) is 20.8 Å². The Labute approximate surface area is 134 Å². The molecule has 2 amide bonds. The number of anilines is 1. The summed E-state index contributed by atoms with van der Waals surface area (Å²) in [6.45, 7) is 3.21. The molecule has 2 rings (SSSR count). The van der Waals surface area contributed by atoms with Crippen molar-refractivity contribution in [3.05, 3.63) is 40.5 Å². The number of benzene rings is 1. The highest BCUT2D eigenvalue weighted by Gasteiger charge is 2.33. The first-order chi connectivity index (χ1) is 10.7. The SMILES string of the molecule is Cc1noc(C(C)NC(=O)Nc2ccc(Cl)c(C(F)(F)F)c2)n1. The minimum atomic E-state index is -4.61. The molecule has 0 aliphatic carbocycles. The second-order valence-electron chi connectivity index (χ2n) is 4.69. The zero-order valence-electron chi connectivity index (χ0n) is 12.0. The van der Waals surface area contributed by atoms with E-state index in [1.165, 1.54) is 6.07 Å². The van der Waals surface area contributed by atoms with Crippen molar-refractivity contribution >= 4 is 23.3 Å². The molecule has 6 nitrogen and oxygen atoms in total. The Balaban J connectivity index is 2.06. The van der Waals surface area contributed by atoms with Crippen molar-refractivity contribution in [1.29, 1.82) is 0 Å². The van der Waals surface area contributed by atoms with Crippen molar-refractivity contribution in [3.8, 4) is 0 Å². The Morgan fingerprint density at radius 2 is 2.09 bits per heavy atom. The largest absolute Gasteiger partial charge is 0.417 e. The van der Waals surface area contributed by atoms with Gasteiger partial charge in [-0.05, 0) is 32.0 Å². The van der Waals surface area contributed by atoms with Gasteiger partial charge < -0.3 is 15.2 Å². The third-order valence-electron chi connectivity index (χ3n) is 2.79. The van der Waals surface area contributed by atoms with E-state index in [1.54, 1.807) is 13.8 Å². The Hall–Kier alpha value is -2.29. The summed E-state index contributed by atoms with van der Waals surface area (Å²) in [5, 5.41) is 7.89. The van der Waals surface area contributed by atoms with E-state index >= 15 is 0 Å². The summed E-state index contributed by atoms with van der Waals surface area (Å²) in [5.74, 6) is 0.589. The molecule has 23 heavy (non-hydrogen) atoms. The fourth-order valence-electron chi connectivity index (χ4n) is 1.73. The predicted molar refractivity (Wildman–Crippen MR) is 76.1 cm³/mol. The molecular weight excluding hydrogens is 337 g/mol. The number of carbonyl (C=O) groups is 1. The van der Waals surface area contributed by atoms with Gasteiger partial charge in [0, 0.05) is 5.69 Å². The van der Waals surface area contributed by atoms with Crippen molar-refractivity contribution in [2.24, 2.45) is 0 Å². The summed E-state index contributed by atoms with van der Waals surface area (Å²) in [6.07, 6.45) is -4.61. The maximum absolute atomic E-state index is 12.8. The number of urea groups is 1. The Bertz CT molecular complexity index is 717.